The maximum Gasteiger partial charge on any atom is 0.328 e. The molecule has 0 amide bonds. The molecule has 6 heteroatoms. The van der Waals surface area contributed by atoms with Crippen molar-refractivity contribution >= 4 is 11.8 Å². The van der Waals surface area contributed by atoms with Crippen molar-refractivity contribution in [2.24, 2.45) is 0 Å². The molecular formula is C8H10FN3O2. The van der Waals surface area contributed by atoms with Crippen molar-refractivity contribution < 1.29 is 14.3 Å². The van der Waals surface area contributed by atoms with Gasteiger partial charge in [0.15, 0.2) is 11.6 Å². The molecule has 1 rings (SSSR count). The molecule has 0 aliphatic heterocycles. The minimum Gasteiger partial charge on any atom is -0.480 e. The van der Waals surface area contributed by atoms with E-state index in [0.717, 1.165) is 12.5 Å². The van der Waals surface area contributed by atoms with Gasteiger partial charge in [-0.05, 0) is 13.8 Å². The number of carbonyl (C=O) groups is 1. The van der Waals surface area contributed by atoms with Crippen LogP contribution < -0.4 is 5.32 Å². The molecule has 1 aromatic rings. The summed E-state index contributed by atoms with van der Waals surface area (Å²) in [5.41, 5.74) is -1.27. The third-order valence-electron chi connectivity index (χ3n) is 1.63. The summed E-state index contributed by atoms with van der Waals surface area (Å²) in [5.74, 6) is -1.88. The van der Waals surface area contributed by atoms with Gasteiger partial charge in [-0.25, -0.2) is 19.2 Å². The highest BCUT2D eigenvalue weighted by Crippen LogP contribution is 2.14. The zero-order chi connectivity index (χ0) is 10.8. The highest BCUT2D eigenvalue weighted by atomic mass is 19.1. The lowest BCUT2D eigenvalue weighted by Crippen LogP contribution is -2.40. The summed E-state index contributed by atoms with van der Waals surface area (Å²) < 4.78 is 13.0. The first-order valence-electron chi connectivity index (χ1n) is 3.90. The van der Waals surface area contributed by atoms with Crippen molar-refractivity contribution in [3.63, 3.8) is 0 Å². The standard InChI is InChI=1S/C8H10FN3O2/c1-8(2,7(13)14)12-6-5(9)3-10-4-11-6/h3-4H,1-2H3,(H,13,14)(H,10,11,12). The fourth-order valence-corrected chi connectivity index (χ4v) is 0.754. The number of rotatable bonds is 3. The number of carboxylic acids is 1. The van der Waals surface area contributed by atoms with Gasteiger partial charge in [0.2, 0.25) is 0 Å². The SMILES string of the molecule is CC(C)(Nc1ncncc1F)C(=O)O. The van der Waals surface area contributed by atoms with Crippen LogP contribution in [0.3, 0.4) is 0 Å². The minimum atomic E-state index is -1.27. The van der Waals surface area contributed by atoms with E-state index >= 15 is 0 Å². The monoisotopic (exact) mass is 199 g/mol. The van der Waals surface area contributed by atoms with Crippen molar-refractivity contribution in [1.82, 2.24) is 9.97 Å². The molecule has 76 valence electrons. The Morgan fingerprint density at radius 2 is 2.29 bits per heavy atom. The number of nitrogens with zero attached hydrogens (tertiary/aromatic N) is 2. The van der Waals surface area contributed by atoms with Crippen LogP contribution in [0.5, 0.6) is 0 Å². The normalized spacial score (nSPS) is 11.1. The number of hydrogen-bond acceptors (Lipinski definition) is 4. The van der Waals surface area contributed by atoms with Crippen molar-refractivity contribution in [1.29, 1.82) is 0 Å². The third kappa shape index (κ3) is 2.15. The highest BCUT2D eigenvalue weighted by Gasteiger charge is 2.28. The van der Waals surface area contributed by atoms with Crippen molar-refractivity contribution in [2.75, 3.05) is 5.32 Å². The molecule has 5 nitrogen and oxygen atoms in total. The third-order valence-corrected chi connectivity index (χ3v) is 1.63. The predicted octanol–water partition coefficient (Wildman–Crippen LogP) is 0.891. The molecule has 0 aliphatic carbocycles. The molecule has 14 heavy (non-hydrogen) atoms. The molecule has 0 radical (unpaired) electrons. The van der Waals surface area contributed by atoms with Gasteiger partial charge in [0.1, 0.15) is 11.9 Å². The molecular weight excluding hydrogens is 189 g/mol. The molecule has 0 saturated heterocycles. The summed E-state index contributed by atoms with van der Waals surface area (Å²) in [6.45, 7) is 2.83. The predicted molar refractivity (Wildman–Crippen MR) is 47.3 cm³/mol. The van der Waals surface area contributed by atoms with Crippen LogP contribution in [0.2, 0.25) is 0 Å². The van der Waals surface area contributed by atoms with Crippen molar-refractivity contribution in [3.8, 4) is 0 Å². The number of carboxylic acid groups (broad SMARTS) is 1. The van der Waals surface area contributed by atoms with E-state index < -0.39 is 17.3 Å². The van der Waals surface area contributed by atoms with Crippen LogP contribution in [0.15, 0.2) is 12.5 Å². The maximum absolute atomic E-state index is 13.0. The van der Waals surface area contributed by atoms with Crippen LogP contribution in [0.4, 0.5) is 10.2 Å². The van der Waals surface area contributed by atoms with Gasteiger partial charge in [0.25, 0.3) is 0 Å². The number of aliphatic carboxylic acids is 1. The summed E-state index contributed by atoms with van der Waals surface area (Å²) >= 11 is 0. The molecule has 0 unspecified atom stereocenters. The molecule has 0 atom stereocenters. The Morgan fingerprint density at radius 3 is 2.79 bits per heavy atom. The molecule has 1 aromatic heterocycles. The zero-order valence-corrected chi connectivity index (χ0v) is 7.78. The largest absolute Gasteiger partial charge is 0.480 e. The number of nitrogens with one attached hydrogen (secondary N) is 1. The lowest BCUT2D eigenvalue weighted by atomic mass is 10.1. The molecule has 2 N–H and O–H groups in total. The summed E-state index contributed by atoms with van der Waals surface area (Å²) in [5, 5.41) is 11.2. The number of halogens is 1. The van der Waals surface area contributed by atoms with Gasteiger partial charge in [-0.2, -0.15) is 0 Å². The van der Waals surface area contributed by atoms with E-state index in [1.165, 1.54) is 13.8 Å². The zero-order valence-electron chi connectivity index (χ0n) is 7.78. The Hall–Kier alpha value is -1.72. The summed E-state index contributed by atoms with van der Waals surface area (Å²) in [6, 6.07) is 0. The fourth-order valence-electron chi connectivity index (χ4n) is 0.754. The Balaban J connectivity index is 2.89. The van der Waals surface area contributed by atoms with E-state index in [1.807, 2.05) is 0 Å². The van der Waals surface area contributed by atoms with E-state index in [9.17, 15) is 9.18 Å². The van der Waals surface area contributed by atoms with E-state index in [4.69, 9.17) is 5.11 Å². The first-order chi connectivity index (χ1) is 6.43. The van der Waals surface area contributed by atoms with Crippen LogP contribution >= 0.6 is 0 Å². The summed E-state index contributed by atoms with van der Waals surface area (Å²) in [6.07, 6.45) is 2.11. The maximum atomic E-state index is 13.0. The molecule has 0 aromatic carbocycles. The van der Waals surface area contributed by atoms with E-state index in [1.54, 1.807) is 0 Å². The van der Waals surface area contributed by atoms with Crippen molar-refractivity contribution in [3.05, 3.63) is 18.3 Å². The average molecular weight is 199 g/mol. The quantitative estimate of drug-likeness (QED) is 0.756. The number of anilines is 1. The first kappa shape index (κ1) is 10.4. The van der Waals surface area contributed by atoms with Gasteiger partial charge in [-0.15, -0.1) is 0 Å². The second kappa shape index (κ2) is 3.57. The van der Waals surface area contributed by atoms with Crippen LogP contribution in [-0.2, 0) is 4.79 Å². The second-order valence-corrected chi connectivity index (χ2v) is 3.27. The van der Waals surface area contributed by atoms with Crippen molar-refractivity contribution in [2.45, 2.75) is 19.4 Å². The molecule has 0 aliphatic rings. The number of aromatic nitrogens is 2. The van der Waals surface area contributed by atoms with Crippen LogP contribution in [0.25, 0.3) is 0 Å². The lowest BCUT2D eigenvalue weighted by molar-refractivity contribution is -0.141. The Bertz CT molecular complexity index is 354. The van der Waals surface area contributed by atoms with Gasteiger partial charge in [0, 0.05) is 0 Å². The molecule has 0 fully saturated rings. The molecule has 1 heterocycles. The van der Waals surface area contributed by atoms with Crippen LogP contribution in [0, 0.1) is 5.82 Å². The second-order valence-electron chi connectivity index (χ2n) is 3.27. The Kier molecular flexibility index (Phi) is 2.64. The van der Waals surface area contributed by atoms with Gasteiger partial charge in [0.05, 0.1) is 6.20 Å². The fraction of sp³-hybridized carbons (Fsp3) is 0.375. The highest BCUT2D eigenvalue weighted by molar-refractivity contribution is 5.81. The van der Waals surface area contributed by atoms with Gasteiger partial charge in [-0.3, -0.25) is 0 Å². The topological polar surface area (TPSA) is 75.1 Å². The molecule has 0 bridgehead atoms. The van der Waals surface area contributed by atoms with Gasteiger partial charge < -0.3 is 10.4 Å². The minimum absolute atomic E-state index is 0.118. The van der Waals surface area contributed by atoms with E-state index in [0.29, 0.717) is 0 Å². The summed E-state index contributed by atoms with van der Waals surface area (Å²) in [4.78, 5) is 17.7. The lowest BCUT2D eigenvalue weighted by Gasteiger charge is -2.21. The van der Waals surface area contributed by atoms with Crippen LogP contribution in [-0.4, -0.2) is 26.6 Å². The Morgan fingerprint density at radius 1 is 1.64 bits per heavy atom. The smallest absolute Gasteiger partial charge is 0.328 e. The van der Waals surface area contributed by atoms with E-state index in [-0.39, 0.29) is 5.82 Å². The van der Waals surface area contributed by atoms with Gasteiger partial charge in [-0.1, -0.05) is 0 Å². The average Bonchev–Trinajstić information content (AvgIpc) is 2.08. The molecule has 0 saturated carbocycles. The van der Waals surface area contributed by atoms with Crippen LogP contribution in [0.1, 0.15) is 13.8 Å². The number of hydrogen-bond donors (Lipinski definition) is 2. The molecule has 0 spiro atoms. The first-order valence-corrected chi connectivity index (χ1v) is 3.90. The van der Waals surface area contributed by atoms with Gasteiger partial charge >= 0.3 is 5.97 Å². The van der Waals surface area contributed by atoms with E-state index in [2.05, 4.69) is 15.3 Å². The Labute approximate surface area is 80.0 Å². The summed E-state index contributed by atoms with van der Waals surface area (Å²) in [7, 11) is 0.